The molecule has 2 aromatic rings. The van der Waals surface area contributed by atoms with Gasteiger partial charge in [0.2, 0.25) is 0 Å². The minimum atomic E-state index is 0.178. The molecule has 0 spiro atoms. The number of benzene rings is 1. The second-order valence-electron chi connectivity index (χ2n) is 4.38. The molecule has 3 rings (SSSR count). The Kier molecular flexibility index (Phi) is 3.66. The van der Waals surface area contributed by atoms with Crippen LogP contribution in [0.3, 0.4) is 0 Å². The van der Waals surface area contributed by atoms with Crippen molar-refractivity contribution in [3.05, 3.63) is 36.0 Å². The fraction of sp³-hybridized carbons (Fsp3) is 0.286. The minimum Gasteiger partial charge on any atom is -0.350 e. The van der Waals surface area contributed by atoms with Gasteiger partial charge in [-0.15, -0.1) is 0 Å². The van der Waals surface area contributed by atoms with Gasteiger partial charge in [-0.3, -0.25) is 9.79 Å². The zero-order valence-corrected chi connectivity index (χ0v) is 12.3. The predicted octanol–water partition coefficient (Wildman–Crippen LogP) is 3.20. The molecular weight excluding hydrogens is 276 g/mol. The standard InChI is InChI=1S/C14H14N2OS2/c1-16-8-11(10-4-2-3-5-12(10)16)13(17)9-19-14-15-6-7-18-14/h2-5,8H,6-7,9H2,1H3. The molecule has 2 heterocycles. The topological polar surface area (TPSA) is 34.4 Å². The van der Waals surface area contributed by atoms with Crippen LogP contribution in [0.25, 0.3) is 10.9 Å². The summed E-state index contributed by atoms with van der Waals surface area (Å²) in [5, 5.41) is 1.04. The largest absolute Gasteiger partial charge is 0.350 e. The van der Waals surface area contributed by atoms with Crippen molar-refractivity contribution in [1.82, 2.24) is 4.57 Å². The zero-order chi connectivity index (χ0) is 13.2. The normalized spacial score (nSPS) is 14.9. The third-order valence-electron chi connectivity index (χ3n) is 3.08. The molecule has 1 aliphatic heterocycles. The van der Waals surface area contributed by atoms with Crippen molar-refractivity contribution in [2.45, 2.75) is 0 Å². The molecule has 19 heavy (non-hydrogen) atoms. The summed E-state index contributed by atoms with van der Waals surface area (Å²) in [4.78, 5) is 16.7. The first-order valence-electron chi connectivity index (χ1n) is 6.13. The van der Waals surface area contributed by atoms with E-state index in [9.17, 15) is 4.79 Å². The molecule has 0 bridgehead atoms. The third kappa shape index (κ3) is 2.58. The molecule has 0 unspecified atom stereocenters. The number of aromatic nitrogens is 1. The Hall–Kier alpha value is -1.20. The van der Waals surface area contributed by atoms with E-state index in [1.165, 1.54) is 0 Å². The molecule has 1 aromatic carbocycles. The number of aliphatic imine (C=N–C) groups is 1. The Balaban J connectivity index is 1.81. The Morgan fingerprint density at radius 2 is 2.32 bits per heavy atom. The van der Waals surface area contributed by atoms with Gasteiger partial charge >= 0.3 is 0 Å². The average Bonchev–Trinajstić information content (AvgIpc) is 3.05. The minimum absolute atomic E-state index is 0.178. The van der Waals surface area contributed by atoms with E-state index < -0.39 is 0 Å². The van der Waals surface area contributed by atoms with Crippen LogP contribution in [0.5, 0.6) is 0 Å². The van der Waals surface area contributed by atoms with E-state index in [4.69, 9.17) is 0 Å². The van der Waals surface area contributed by atoms with Crippen molar-refractivity contribution in [2.75, 3.05) is 18.1 Å². The second-order valence-corrected chi connectivity index (χ2v) is 6.68. The summed E-state index contributed by atoms with van der Waals surface area (Å²) >= 11 is 3.30. The Morgan fingerprint density at radius 3 is 3.11 bits per heavy atom. The first kappa shape index (κ1) is 12.8. The summed E-state index contributed by atoms with van der Waals surface area (Å²) < 4.78 is 3.06. The molecule has 0 amide bonds. The maximum atomic E-state index is 12.3. The molecule has 1 aromatic heterocycles. The quantitative estimate of drug-likeness (QED) is 0.814. The molecule has 0 aliphatic carbocycles. The molecule has 0 fully saturated rings. The van der Waals surface area contributed by atoms with Gasteiger partial charge in [0.15, 0.2) is 5.78 Å². The summed E-state index contributed by atoms with van der Waals surface area (Å²) in [5.41, 5.74) is 1.91. The van der Waals surface area contributed by atoms with E-state index in [2.05, 4.69) is 4.99 Å². The Morgan fingerprint density at radius 1 is 1.47 bits per heavy atom. The smallest absolute Gasteiger partial charge is 0.175 e. The van der Waals surface area contributed by atoms with Crippen molar-refractivity contribution >= 4 is 44.6 Å². The number of thioether (sulfide) groups is 2. The number of rotatable bonds is 3. The summed E-state index contributed by atoms with van der Waals surface area (Å²) in [6.45, 7) is 0.884. The summed E-state index contributed by atoms with van der Waals surface area (Å²) in [5.74, 6) is 1.70. The van der Waals surface area contributed by atoms with Gasteiger partial charge in [-0.05, 0) is 6.07 Å². The lowest BCUT2D eigenvalue weighted by molar-refractivity contribution is 0.102. The van der Waals surface area contributed by atoms with Crippen LogP contribution in [0.1, 0.15) is 10.4 Å². The molecule has 0 radical (unpaired) electrons. The number of carbonyl (C=O) groups is 1. The molecule has 0 atom stereocenters. The number of nitrogens with zero attached hydrogens (tertiary/aromatic N) is 2. The van der Waals surface area contributed by atoms with Crippen LogP contribution < -0.4 is 0 Å². The van der Waals surface area contributed by atoms with Crippen LogP contribution in [-0.2, 0) is 7.05 Å². The molecule has 3 nitrogen and oxygen atoms in total. The lowest BCUT2D eigenvalue weighted by Gasteiger charge is -1.99. The third-order valence-corrected chi connectivity index (χ3v) is 5.33. The van der Waals surface area contributed by atoms with Gasteiger partial charge in [-0.2, -0.15) is 0 Å². The van der Waals surface area contributed by atoms with Crippen LogP contribution in [0.15, 0.2) is 35.5 Å². The van der Waals surface area contributed by atoms with Crippen LogP contribution in [0, 0.1) is 0 Å². The van der Waals surface area contributed by atoms with Crippen LogP contribution in [0.4, 0.5) is 0 Å². The molecule has 0 saturated heterocycles. The number of hydrogen-bond acceptors (Lipinski definition) is 4. The number of hydrogen-bond donors (Lipinski definition) is 0. The zero-order valence-electron chi connectivity index (χ0n) is 10.6. The monoisotopic (exact) mass is 290 g/mol. The van der Waals surface area contributed by atoms with Crippen LogP contribution in [0.2, 0.25) is 0 Å². The number of para-hydroxylation sites is 1. The van der Waals surface area contributed by atoms with E-state index >= 15 is 0 Å². The number of ketones is 1. The van der Waals surface area contributed by atoms with E-state index in [1.54, 1.807) is 23.5 Å². The van der Waals surface area contributed by atoms with Crippen LogP contribution >= 0.6 is 23.5 Å². The SMILES string of the molecule is Cn1cc(C(=O)CSC2=NCCS2)c2ccccc21. The number of Topliss-reactive ketones (excluding diaryl/α,β-unsaturated/α-hetero) is 1. The molecule has 98 valence electrons. The lowest BCUT2D eigenvalue weighted by atomic mass is 10.1. The Labute approximate surface area is 120 Å². The second kappa shape index (κ2) is 5.43. The number of carbonyl (C=O) groups excluding carboxylic acids is 1. The maximum Gasteiger partial charge on any atom is 0.175 e. The fourth-order valence-corrected chi connectivity index (χ4v) is 4.06. The summed E-state index contributed by atoms with van der Waals surface area (Å²) in [6.07, 6.45) is 1.93. The van der Waals surface area contributed by atoms with Crippen LogP contribution in [-0.4, -0.2) is 32.8 Å². The lowest BCUT2D eigenvalue weighted by Crippen LogP contribution is -2.03. The number of fused-ring (bicyclic) bond motifs is 1. The van der Waals surface area contributed by atoms with Gasteiger partial charge in [0.25, 0.3) is 0 Å². The highest BCUT2D eigenvalue weighted by Crippen LogP contribution is 2.25. The summed E-state index contributed by atoms with van der Waals surface area (Å²) in [7, 11) is 1.98. The van der Waals surface area contributed by atoms with Crippen molar-refractivity contribution in [2.24, 2.45) is 12.0 Å². The van der Waals surface area contributed by atoms with Gasteiger partial charge in [0.05, 0.1) is 12.3 Å². The highest BCUT2D eigenvalue weighted by atomic mass is 32.2. The summed E-state index contributed by atoms with van der Waals surface area (Å²) in [6, 6.07) is 8.02. The van der Waals surface area contributed by atoms with E-state index in [1.807, 2.05) is 42.1 Å². The first-order valence-corrected chi connectivity index (χ1v) is 8.10. The number of aryl methyl sites for hydroxylation is 1. The van der Waals surface area contributed by atoms with E-state index in [0.29, 0.717) is 5.75 Å². The van der Waals surface area contributed by atoms with E-state index in [-0.39, 0.29) is 5.78 Å². The molecule has 1 aliphatic rings. The fourth-order valence-electron chi connectivity index (χ4n) is 2.17. The molecule has 0 saturated carbocycles. The van der Waals surface area contributed by atoms with Gasteiger partial charge in [0.1, 0.15) is 4.38 Å². The van der Waals surface area contributed by atoms with Gasteiger partial charge in [-0.25, -0.2) is 0 Å². The van der Waals surface area contributed by atoms with Crippen molar-refractivity contribution < 1.29 is 4.79 Å². The van der Waals surface area contributed by atoms with Crippen molar-refractivity contribution in [1.29, 1.82) is 0 Å². The molecule has 0 N–H and O–H groups in total. The van der Waals surface area contributed by atoms with E-state index in [0.717, 1.165) is 33.1 Å². The van der Waals surface area contributed by atoms with Crippen molar-refractivity contribution in [3.8, 4) is 0 Å². The highest BCUT2D eigenvalue weighted by molar-refractivity contribution is 8.39. The van der Waals surface area contributed by atoms with Gasteiger partial charge in [0, 0.05) is 35.5 Å². The van der Waals surface area contributed by atoms with Gasteiger partial charge < -0.3 is 4.57 Å². The first-order chi connectivity index (χ1) is 9.25. The van der Waals surface area contributed by atoms with Crippen molar-refractivity contribution in [3.63, 3.8) is 0 Å². The molecule has 5 heteroatoms. The maximum absolute atomic E-state index is 12.3. The highest BCUT2D eigenvalue weighted by Gasteiger charge is 2.16. The van der Waals surface area contributed by atoms with Gasteiger partial charge in [-0.1, -0.05) is 41.7 Å². The average molecular weight is 290 g/mol. The Bertz CT molecular complexity index is 661. The molecular formula is C14H14N2OS2. The predicted molar refractivity (Wildman–Crippen MR) is 84.5 cm³/mol.